The molecule has 0 aliphatic rings. The van der Waals surface area contributed by atoms with Gasteiger partial charge in [-0.25, -0.2) is 9.37 Å². The molecule has 0 bridgehead atoms. The first-order valence-electron chi connectivity index (χ1n) is 8.96. The van der Waals surface area contributed by atoms with E-state index in [-0.39, 0.29) is 11.7 Å². The fourth-order valence-electron chi connectivity index (χ4n) is 2.58. The number of carbonyl (C=O) groups excluding carboxylic acids is 1. The van der Waals surface area contributed by atoms with Gasteiger partial charge in [0, 0.05) is 31.4 Å². The number of rotatable bonds is 8. The number of hydrogen-bond acceptors (Lipinski definition) is 3. The lowest BCUT2D eigenvalue weighted by Gasteiger charge is -2.04. The molecule has 0 spiro atoms. The standard InChI is InChI=1S/C21H22FN3O2/c1-2-13-27-19-7-3-16(4-8-19)5-10-21(26)23-12-11-18-15-25-14-17(22)6-9-20(25)24-18/h3-10,14-15H,2,11-13H2,1H3,(H,23,26)/b10-5+. The van der Waals surface area contributed by atoms with Crippen molar-refractivity contribution in [3.63, 3.8) is 0 Å². The van der Waals surface area contributed by atoms with E-state index in [1.807, 2.05) is 24.3 Å². The number of amides is 1. The van der Waals surface area contributed by atoms with Crippen LogP contribution in [0.15, 0.2) is 54.9 Å². The minimum Gasteiger partial charge on any atom is -0.494 e. The van der Waals surface area contributed by atoms with Crippen molar-refractivity contribution in [2.45, 2.75) is 19.8 Å². The Balaban J connectivity index is 1.46. The zero-order chi connectivity index (χ0) is 19.1. The van der Waals surface area contributed by atoms with E-state index >= 15 is 0 Å². The van der Waals surface area contributed by atoms with Crippen molar-refractivity contribution < 1.29 is 13.9 Å². The number of ether oxygens (including phenoxy) is 1. The Morgan fingerprint density at radius 3 is 2.81 bits per heavy atom. The van der Waals surface area contributed by atoms with Crippen molar-refractivity contribution >= 4 is 17.6 Å². The maximum atomic E-state index is 13.2. The van der Waals surface area contributed by atoms with E-state index in [1.54, 1.807) is 22.7 Å². The highest BCUT2D eigenvalue weighted by molar-refractivity contribution is 5.91. The van der Waals surface area contributed by atoms with Crippen LogP contribution in [0.3, 0.4) is 0 Å². The second-order valence-electron chi connectivity index (χ2n) is 6.14. The highest BCUT2D eigenvalue weighted by atomic mass is 19.1. The Bertz CT molecular complexity index is 932. The minimum atomic E-state index is -0.310. The average molecular weight is 367 g/mol. The van der Waals surface area contributed by atoms with E-state index in [9.17, 15) is 9.18 Å². The summed E-state index contributed by atoms with van der Waals surface area (Å²) in [5.41, 5.74) is 2.41. The molecular formula is C21H22FN3O2. The van der Waals surface area contributed by atoms with Crippen LogP contribution in [0.1, 0.15) is 24.6 Å². The summed E-state index contributed by atoms with van der Waals surface area (Å²) < 4.78 is 20.4. The number of imidazole rings is 1. The number of halogens is 1. The topological polar surface area (TPSA) is 55.6 Å². The zero-order valence-electron chi connectivity index (χ0n) is 15.2. The fourth-order valence-corrected chi connectivity index (χ4v) is 2.58. The lowest BCUT2D eigenvalue weighted by atomic mass is 10.2. The highest BCUT2D eigenvalue weighted by Gasteiger charge is 2.03. The van der Waals surface area contributed by atoms with Gasteiger partial charge in [0.1, 0.15) is 17.2 Å². The molecule has 3 rings (SSSR count). The third-order valence-corrected chi connectivity index (χ3v) is 3.93. The summed E-state index contributed by atoms with van der Waals surface area (Å²) in [5, 5.41) is 2.82. The predicted octanol–water partition coefficient (Wildman–Crippen LogP) is 3.63. The summed E-state index contributed by atoms with van der Waals surface area (Å²) in [5.74, 6) is 0.344. The second-order valence-corrected chi connectivity index (χ2v) is 6.14. The summed E-state index contributed by atoms with van der Waals surface area (Å²) in [6.45, 7) is 3.21. The van der Waals surface area contributed by atoms with Crippen LogP contribution in [-0.2, 0) is 11.2 Å². The molecule has 1 amide bonds. The zero-order valence-corrected chi connectivity index (χ0v) is 15.2. The molecule has 1 aromatic carbocycles. The maximum Gasteiger partial charge on any atom is 0.244 e. The summed E-state index contributed by atoms with van der Waals surface area (Å²) in [4.78, 5) is 16.3. The van der Waals surface area contributed by atoms with E-state index in [0.717, 1.165) is 23.4 Å². The van der Waals surface area contributed by atoms with Crippen LogP contribution in [-0.4, -0.2) is 28.4 Å². The molecule has 0 fully saturated rings. The molecule has 5 nitrogen and oxygen atoms in total. The molecule has 2 heterocycles. The molecule has 1 N–H and O–H groups in total. The van der Waals surface area contributed by atoms with Gasteiger partial charge in [0.25, 0.3) is 0 Å². The molecule has 140 valence electrons. The predicted molar refractivity (Wildman–Crippen MR) is 103 cm³/mol. The minimum absolute atomic E-state index is 0.170. The van der Waals surface area contributed by atoms with Gasteiger partial charge in [-0.2, -0.15) is 0 Å². The number of carbonyl (C=O) groups is 1. The summed E-state index contributed by atoms with van der Waals surface area (Å²) in [6.07, 6.45) is 7.95. The van der Waals surface area contributed by atoms with Gasteiger partial charge >= 0.3 is 0 Å². The van der Waals surface area contributed by atoms with Crippen LogP contribution in [0, 0.1) is 5.82 Å². The first-order valence-corrected chi connectivity index (χ1v) is 8.96. The van der Waals surface area contributed by atoms with Gasteiger partial charge in [-0.3, -0.25) is 4.79 Å². The van der Waals surface area contributed by atoms with Crippen molar-refractivity contribution in [2.75, 3.05) is 13.2 Å². The highest BCUT2D eigenvalue weighted by Crippen LogP contribution is 2.13. The van der Waals surface area contributed by atoms with Crippen LogP contribution < -0.4 is 10.1 Å². The quantitative estimate of drug-likeness (QED) is 0.619. The van der Waals surface area contributed by atoms with Gasteiger partial charge in [-0.1, -0.05) is 19.1 Å². The van der Waals surface area contributed by atoms with Gasteiger partial charge in [-0.15, -0.1) is 0 Å². The Hall–Kier alpha value is -3.15. The van der Waals surface area contributed by atoms with Crippen molar-refractivity contribution in [1.29, 1.82) is 0 Å². The number of hydrogen-bond donors (Lipinski definition) is 1. The molecule has 0 radical (unpaired) electrons. The fraction of sp³-hybridized carbons (Fsp3) is 0.238. The van der Waals surface area contributed by atoms with E-state index in [0.29, 0.717) is 25.2 Å². The number of aromatic nitrogens is 2. The lowest BCUT2D eigenvalue weighted by Crippen LogP contribution is -2.23. The van der Waals surface area contributed by atoms with E-state index < -0.39 is 0 Å². The number of nitrogens with one attached hydrogen (secondary N) is 1. The molecule has 0 saturated carbocycles. The second kappa shape index (κ2) is 8.98. The molecule has 27 heavy (non-hydrogen) atoms. The maximum absolute atomic E-state index is 13.2. The molecule has 0 aliphatic carbocycles. The van der Waals surface area contributed by atoms with E-state index in [2.05, 4.69) is 17.2 Å². The van der Waals surface area contributed by atoms with Crippen molar-refractivity contribution in [2.24, 2.45) is 0 Å². The average Bonchev–Trinajstić information content (AvgIpc) is 3.07. The summed E-state index contributed by atoms with van der Waals surface area (Å²) in [7, 11) is 0. The number of nitrogens with zero attached hydrogens (tertiary/aromatic N) is 2. The molecule has 2 aromatic heterocycles. The Labute approximate surface area is 157 Å². The van der Waals surface area contributed by atoms with Crippen LogP contribution in [0.4, 0.5) is 4.39 Å². The molecule has 0 saturated heterocycles. The van der Waals surface area contributed by atoms with Gasteiger partial charge in [0.05, 0.1) is 12.3 Å². The van der Waals surface area contributed by atoms with Crippen molar-refractivity contribution in [3.05, 3.63) is 71.9 Å². The normalized spacial score (nSPS) is 11.2. The largest absolute Gasteiger partial charge is 0.494 e. The number of pyridine rings is 1. The third kappa shape index (κ3) is 5.41. The SMILES string of the molecule is CCCOc1ccc(/C=C/C(=O)NCCc2cn3cc(F)ccc3n2)cc1. The smallest absolute Gasteiger partial charge is 0.244 e. The Kier molecular flexibility index (Phi) is 6.20. The van der Waals surface area contributed by atoms with Gasteiger partial charge in [0.15, 0.2) is 0 Å². The molecule has 0 aliphatic heterocycles. The first kappa shape index (κ1) is 18.6. The molecular weight excluding hydrogens is 345 g/mol. The summed E-state index contributed by atoms with van der Waals surface area (Å²) in [6, 6.07) is 10.6. The monoisotopic (exact) mass is 367 g/mol. The van der Waals surface area contributed by atoms with Crippen molar-refractivity contribution in [1.82, 2.24) is 14.7 Å². The molecule has 3 aromatic rings. The Morgan fingerprint density at radius 1 is 1.22 bits per heavy atom. The van der Waals surface area contributed by atoms with Gasteiger partial charge < -0.3 is 14.5 Å². The lowest BCUT2D eigenvalue weighted by molar-refractivity contribution is -0.116. The molecule has 0 unspecified atom stereocenters. The third-order valence-electron chi connectivity index (χ3n) is 3.93. The van der Waals surface area contributed by atoms with Gasteiger partial charge in [0.2, 0.25) is 5.91 Å². The first-order chi connectivity index (χ1) is 13.1. The molecule has 6 heteroatoms. The van der Waals surface area contributed by atoms with Crippen LogP contribution in [0.5, 0.6) is 5.75 Å². The van der Waals surface area contributed by atoms with Crippen LogP contribution in [0.2, 0.25) is 0 Å². The van der Waals surface area contributed by atoms with E-state index in [4.69, 9.17) is 4.74 Å². The van der Waals surface area contributed by atoms with Crippen molar-refractivity contribution in [3.8, 4) is 5.75 Å². The van der Waals surface area contributed by atoms with Crippen LogP contribution >= 0.6 is 0 Å². The number of fused-ring (bicyclic) bond motifs is 1. The van der Waals surface area contributed by atoms with Gasteiger partial charge in [-0.05, 0) is 42.3 Å². The Morgan fingerprint density at radius 2 is 2.04 bits per heavy atom. The number of benzene rings is 1. The molecule has 0 atom stereocenters. The van der Waals surface area contributed by atoms with Crippen LogP contribution in [0.25, 0.3) is 11.7 Å². The summed E-state index contributed by atoms with van der Waals surface area (Å²) >= 11 is 0. The van der Waals surface area contributed by atoms with E-state index in [1.165, 1.54) is 18.3 Å².